The van der Waals surface area contributed by atoms with E-state index in [0.717, 1.165) is 27.9 Å². The fraction of sp³-hybridized carbons (Fsp3) is 0.259. The van der Waals surface area contributed by atoms with Crippen LogP contribution in [0.2, 0.25) is 0 Å². The van der Waals surface area contributed by atoms with Crippen molar-refractivity contribution in [1.82, 2.24) is 5.32 Å². The summed E-state index contributed by atoms with van der Waals surface area (Å²) < 4.78 is 5.41. The number of methoxy groups -OCH3 is 1. The Balaban J connectivity index is 1.74. The van der Waals surface area contributed by atoms with Crippen LogP contribution in [0.4, 0.5) is 5.69 Å². The van der Waals surface area contributed by atoms with E-state index in [0.29, 0.717) is 24.3 Å². The number of anilines is 1. The van der Waals surface area contributed by atoms with Crippen molar-refractivity contribution in [3.8, 4) is 5.75 Å². The summed E-state index contributed by atoms with van der Waals surface area (Å²) in [7, 11) is 1.61. The van der Waals surface area contributed by atoms with Crippen molar-refractivity contribution in [3.63, 3.8) is 0 Å². The summed E-state index contributed by atoms with van der Waals surface area (Å²) in [5.41, 5.74) is 4.15. The molecule has 0 aromatic heterocycles. The number of fused-ring (bicyclic) bond motifs is 1. The molecule has 1 aliphatic heterocycles. The Morgan fingerprint density at radius 3 is 2.41 bits per heavy atom. The van der Waals surface area contributed by atoms with Crippen LogP contribution >= 0.6 is 0 Å². The van der Waals surface area contributed by atoms with Crippen LogP contribution in [-0.2, 0) is 17.8 Å². The first-order valence-electron chi connectivity index (χ1n) is 10.7. The van der Waals surface area contributed by atoms with Crippen LogP contribution in [-0.4, -0.2) is 24.5 Å². The molecule has 1 heterocycles. The standard InChI is InChI=1S/C27H28N2O3/c1-18-13-19(2)15-22(14-18)29-25(30)23-11-7-5-9-20(23)16-27(29,3)26(31)28-17-21-10-6-8-12-24(21)32-4/h5-15H,16-17H2,1-4H3,(H,28,31)/t27-/m0/s1. The van der Waals surface area contributed by atoms with Gasteiger partial charge in [0.05, 0.1) is 7.11 Å². The lowest BCUT2D eigenvalue weighted by Crippen LogP contribution is -2.63. The van der Waals surface area contributed by atoms with Crippen molar-refractivity contribution < 1.29 is 14.3 Å². The minimum Gasteiger partial charge on any atom is -0.496 e. The third-order valence-electron chi connectivity index (χ3n) is 6.06. The Hall–Kier alpha value is -3.60. The molecule has 5 heteroatoms. The minimum absolute atomic E-state index is 0.160. The van der Waals surface area contributed by atoms with Crippen molar-refractivity contribution in [1.29, 1.82) is 0 Å². The number of hydrogen-bond donors (Lipinski definition) is 1. The molecule has 0 spiro atoms. The second-order valence-corrected chi connectivity index (χ2v) is 8.59. The number of carbonyl (C=O) groups excluding carboxylic acids is 2. The molecular weight excluding hydrogens is 400 g/mol. The zero-order chi connectivity index (χ0) is 22.9. The van der Waals surface area contributed by atoms with Crippen LogP contribution in [0.5, 0.6) is 5.75 Å². The second-order valence-electron chi connectivity index (χ2n) is 8.59. The molecule has 0 saturated heterocycles. The highest BCUT2D eigenvalue weighted by Crippen LogP contribution is 2.36. The van der Waals surface area contributed by atoms with E-state index in [-0.39, 0.29) is 11.8 Å². The third-order valence-corrected chi connectivity index (χ3v) is 6.06. The summed E-state index contributed by atoms with van der Waals surface area (Å²) in [6, 6.07) is 21.1. The van der Waals surface area contributed by atoms with Gasteiger partial charge in [-0.3, -0.25) is 14.5 Å². The molecule has 1 N–H and O–H groups in total. The van der Waals surface area contributed by atoms with E-state index in [1.807, 2.05) is 81.4 Å². The highest BCUT2D eigenvalue weighted by molar-refractivity contribution is 6.14. The molecule has 0 aliphatic carbocycles. The monoisotopic (exact) mass is 428 g/mol. The lowest BCUT2D eigenvalue weighted by atomic mass is 9.82. The van der Waals surface area contributed by atoms with Gasteiger partial charge in [-0.25, -0.2) is 0 Å². The van der Waals surface area contributed by atoms with Crippen molar-refractivity contribution >= 4 is 17.5 Å². The summed E-state index contributed by atoms with van der Waals surface area (Å²) in [5, 5.41) is 3.05. The van der Waals surface area contributed by atoms with E-state index < -0.39 is 5.54 Å². The molecule has 32 heavy (non-hydrogen) atoms. The van der Waals surface area contributed by atoms with Crippen LogP contribution in [0.1, 0.15) is 39.5 Å². The number of nitrogens with zero attached hydrogens (tertiary/aromatic N) is 1. The normalized spacial score (nSPS) is 17.6. The number of para-hydroxylation sites is 1. The van der Waals surface area contributed by atoms with Crippen molar-refractivity contribution in [2.24, 2.45) is 0 Å². The molecule has 2 amide bonds. The molecule has 5 nitrogen and oxygen atoms in total. The van der Waals surface area contributed by atoms with E-state index in [2.05, 4.69) is 11.4 Å². The number of ether oxygens (including phenoxy) is 1. The van der Waals surface area contributed by atoms with Gasteiger partial charge in [0.25, 0.3) is 5.91 Å². The average molecular weight is 429 g/mol. The van der Waals surface area contributed by atoms with Crippen molar-refractivity contribution in [3.05, 3.63) is 94.5 Å². The average Bonchev–Trinajstić information content (AvgIpc) is 2.77. The maximum atomic E-state index is 13.7. The number of benzene rings is 3. The number of aryl methyl sites for hydroxylation is 2. The van der Waals surface area contributed by atoms with Gasteiger partial charge in [0, 0.05) is 29.8 Å². The number of nitrogens with one attached hydrogen (secondary N) is 1. The number of carbonyl (C=O) groups is 2. The first kappa shape index (κ1) is 21.6. The topological polar surface area (TPSA) is 58.6 Å². The molecule has 0 saturated carbocycles. The van der Waals surface area contributed by atoms with Gasteiger partial charge < -0.3 is 10.1 Å². The van der Waals surface area contributed by atoms with E-state index in [9.17, 15) is 9.59 Å². The summed E-state index contributed by atoms with van der Waals surface area (Å²) in [5.74, 6) is 0.353. The smallest absolute Gasteiger partial charge is 0.259 e. The van der Waals surface area contributed by atoms with Gasteiger partial charge in [-0.15, -0.1) is 0 Å². The summed E-state index contributed by atoms with van der Waals surface area (Å²) in [6.07, 6.45) is 0.430. The lowest BCUT2D eigenvalue weighted by Gasteiger charge is -2.44. The van der Waals surface area contributed by atoms with Crippen molar-refractivity contribution in [2.45, 2.75) is 39.3 Å². The van der Waals surface area contributed by atoms with Gasteiger partial charge in [-0.05, 0) is 61.7 Å². The van der Waals surface area contributed by atoms with E-state index in [1.54, 1.807) is 12.0 Å². The van der Waals surface area contributed by atoms with Gasteiger partial charge in [0.15, 0.2) is 0 Å². The number of rotatable bonds is 5. The van der Waals surface area contributed by atoms with Gasteiger partial charge in [0.1, 0.15) is 11.3 Å². The summed E-state index contributed by atoms with van der Waals surface area (Å²) >= 11 is 0. The Morgan fingerprint density at radius 2 is 1.69 bits per heavy atom. The molecule has 0 fully saturated rings. The molecular formula is C27H28N2O3. The van der Waals surface area contributed by atoms with E-state index in [1.165, 1.54) is 0 Å². The SMILES string of the molecule is COc1ccccc1CNC(=O)[C@]1(C)Cc2ccccc2C(=O)N1c1cc(C)cc(C)c1. The summed E-state index contributed by atoms with van der Waals surface area (Å²) in [6.45, 7) is 6.15. The van der Waals surface area contributed by atoms with Crippen molar-refractivity contribution in [2.75, 3.05) is 12.0 Å². The maximum absolute atomic E-state index is 13.7. The highest BCUT2D eigenvalue weighted by Gasteiger charge is 2.47. The molecule has 0 radical (unpaired) electrons. The molecule has 4 rings (SSSR count). The fourth-order valence-corrected chi connectivity index (χ4v) is 4.56. The van der Waals surface area contributed by atoms with Crippen LogP contribution in [0.15, 0.2) is 66.7 Å². The largest absolute Gasteiger partial charge is 0.496 e. The minimum atomic E-state index is -1.08. The molecule has 1 aliphatic rings. The molecule has 3 aromatic rings. The van der Waals surface area contributed by atoms with Gasteiger partial charge in [0.2, 0.25) is 5.91 Å². The van der Waals surface area contributed by atoms with E-state index in [4.69, 9.17) is 4.74 Å². The first-order valence-corrected chi connectivity index (χ1v) is 10.7. The number of hydrogen-bond acceptors (Lipinski definition) is 3. The quantitative estimate of drug-likeness (QED) is 0.647. The Bertz CT molecular complexity index is 1170. The van der Waals surface area contributed by atoms with E-state index >= 15 is 0 Å². The van der Waals surface area contributed by atoms with Crippen LogP contribution in [0, 0.1) is 13.8 Å². The molecule has 164 valence electrons. The fourth-order valence-electron chi connectivity index (χ4n) is 4.56. The van der Waals surface area contributed by atoms with Crippen LogP contribution in [0.25, 0.3) is 0 Å². The second kappa shape index (κ2) is 8.50. The lowest BCUT2D eigenvalue weighted by molar-refractivity contribution is -0.126. The van der Waals surface area contributed by atoms with Gasteiger partial charge in [-0.2, -0.15) is 0 Å². The third kappa shape index (κ3) is 3.86. The Kier molecular flexibility index (Phi) is 5.74. The predicted octanol–water partition coefficient (Wildman–Crippen LogP) is 4.59. The van der Waals surface area contributed by atoms with Crippen LogP contribution < -0.4 is 15.0 Å². The highest BCUT2D eigenvalue weighted by atomic mass is 16.5. The maximum Gasteiger partial charge on any atom is 0.259 e. The Morgan fingerprint density at radius 1 is 1.03 bits per heavy atom. The predicted molar refractivity (Wildman–Crippen MR) is 126 cm³/mol. The first-order chi connectivity index (χ1) is 15.3. The summed E-state index contributed by atoms with van der Waals surface area (Å²) in [4.78, 5) is 29.0. The zero-order valence-electron chi connectivity index (χ0n) is 18.9. The van der Waals surface area contributed by atoms with Gasteiger partial charge >= 0.3 is 0 Å². The molecule has 0 unspecified atom stereocenters. The zero-order valence-corrected chi connectivity index (χ0v) is 18.9. The molecule has 0 bridgehead atoms. The van der Waals surface area contributed by atoms with Crippen LogP contribution in [0.3, 0.4) is 0 Å². The Labute approximate surface area is 189 Å². The molecule has 3 aromatic carbocycles. The molecule has 1 atom stereocenters. The number of amides is 2. The van der Waals surface area contributed by atoms with Gasteiger partial charge in [-0.1, -0.05) is 42.5 Å².